The monoisotopic (exact) mass is 270 g/mol. The molecule has 1 saturated heterocycles. The van der Waals surface area contributed by atoms with Gasteiger partial charge in [-0.15, -0.1) is 0 Å². The van der Waals surface area contributed by atoms with Crippen LogP contribution < -0.4 is 11.3 Å². The fourth-order valence-electron chi connectivity index (χ4n) is 2.13. The van der Waals surface area contributed by atoms with E-state index in [2.05, 4.69) is 15.3 Å². The van der Waals surface area contributed by atoms with Gasteiger partial charge >= 0.3 is 0 Å². The Hall–Kier alpha value is -1.18. The van der Waals surface area contributed by atoms with Gasteiger partial charge in [0.2, 0.25) is 0 Å². The van der Waals surface area contributed by atoms with Crippen molar-refractivity contribution in [2.75, 3.05) is 23.5 Å². The number of rotatable bonds is 3. The summed E-state index contributed by atoms with van der Waals surface area (Å²) in [4.78, 5) is 6.39. The van der Waals surface area contributed by atoms with Crippen molar-refractivity contribution in [3.8, 4) is 0 Å². The predicted octanol–water partition coefficient (Wildman–Crippen LogP) is -0.0139. The van der Waals surface area contributed by atoms with Gasteiger partial charge in [-0.1, -0.05) is 0 Å². The molecule has 1 aromatic heterocycles. The SMILES string of the molecule is CC1CS(=O)(=O)CCN1Cc1cc(NN)ccn1. The zero-order valence-electron chi connectivity index (χ0n) is 10.3. The van der Waals surface area contributed by atoms with Crippen LogP contribution in [0.3, 0.4) is 0 Å². The summed E-state index contributed by atoms with van der Waals surface area (Å²) in [6.07, 6.45) is 1.69. The zero-order chi connectivity index (χ0) is 13.2. The average Bonchev–Trinajstić information content (AvgIpc) is 2.32. The lowest BCUT2D eigenvalue weighted by Crippen LogP contribution is -2.46. The fourth-order valence-corrected chi connectivity index (χ4v) is 3.76. The van der Waals surface area contributed by atoms with Gasteiger partial charge in [-0.25, -0.2) is 8.42 Å². The third-order valence-electron chi connectivity index (χ3n) is 3.16. The first-order valence-corrected chi connectivity index (χ1v) is 7.68. The third-order valence-corrected chi connectivity index (χ3v) is 4.95. The first-order chi connectivity index (χ1) is 8.50. The highest BCUT2D eigenvalue weighted by Crippen LogP contribution is 2.15. The van der Waals surface area contributed by atoms with Crippen LogP contribution >= 0.6 is 0 Å². The van der Waals surface area contributed by atoms with Crippen molar-refractivity contribution < 1.29 is 8.42 Å². The summed E-state index contributed by atoms with van der Waals surface area (Å²) in [7, 11) is -2.86. The zero-order valence-corrected chi connectivity index (χ0v) is 11.2. The van der Waals surface area contributed by atoms with Gasteiger partial charge in [0, 0.05) is 25.3 Å². The number of hydrogen-bond donors (Lipinski definition) is 2. The first kappa shape index (κ1) is 13.3. The van der Waals surface area contributed by atoms with E-state index in [1.807, 2.05) is 13.0 Å². The van der Waals surface area contributed by atoms with E-state index < -0.39 is 9.84 Å². The molecule has 1 atom stereocenters. The Bertz CT molecular complexity index is 518. The molecule has 0 bridgehead atoms. The molecule has 18 heavy (non-hydrogen) atoms. The Morgan fingerprint density at radius 2 is 2.39 bits per heavy atom. The van der Waals surface area contributed by atoms with Gasteiger partial charge in [0.25, 0.3) is 0 Å². The Morgan fingerprint density at radius 3 is 3.06 bits per heavy atom. The number of hydrazine groups is 1. The van der Waals surface area contributed by atoms with Crippen LogP contribution in [-0.4, -0.2) is 42.4 Å². The van der Waals surface area contributed by atoms with Gasteiger partial charge in [0.05, 0.1) is 22.9 Å². The smallest absolute Gasteiger partial charge is 0.153 e. The van der Waals surface area contributed by atoms with Crippen molar-refractivity contribution in [1.82, 2.24) is 9.88 Å². The highest BCUT2D eigenvalue weighted by molar-refractivity contribution is 7.91. The van der Waals surface area contributed by atoms with E-state index in [0.29, 0.717) is 13.1 Å². The van der Waals surface area contributed by atoms with Crippen LogP contribution in [0, 0.1) is 0 Å². The Kier molecular flexibility index (Phi) is 3.84. The normalized spacial score (nSPS) is 23.8. The van der Waals surface area contributed by atoms with Crippen molar-refractivity contribution >= 4 is 15.5 Å². The molecule has 0 aliphatic carbocycles. The number of nitrogens with zero attached hydrogens (tertiary/aromatic N) is 2. The molecule has 1 unspecified atom stereocenters. The fraction of sp³-hybridized carbons (Fsp3) is 0.545. The van der Waals surface area contributed by atoms with E-state index in [1.54, 1.807) is 12.3 Å². The number of hydrogen-bond acceptors (Lipinski definition) is 6. The Balaban J connectivity index is 2.05. The van der Waals surface area contributed by atoms with E-state index in [0.717, 1.165) is 11.4 Å². The lowest BCUT2D eigenvalue weighted by atomic mass is 10.2. The quantitative estimate of drug-likeness (QED) is 0.593. The molecule has 3 N–H and O–H groups in total. The summed E-state index contributed by atoms with van der Waals surface area (Å²) in [5.74, 6) is 5.80. The summed E-state index contributed by atoms with van der Waals surface area (Å²) in [6.45, 7) is 3.14. The second-order valence-electron chi connectivity index (χ2n) is 4.61. The number of aromatic nitrogens is 1. The van der Waals surface area contributed by atoms with E-state index in [9.17, 15) is 8.42 Å². The molecular formula is C11H18N4O2S. The molecule has 2 heterocycles. The van der Waals surface area contributed by atoms with E-state index in [-0.39, 0.29) is 17.5 Å². The average molecular weight is 270 g/mol. The lowest BCUT2D eigenvalue weighted by Gasteiger charge is -2.32. The van der Waals surface area contributed by atoms with Gasteiger partial charge in [-0.3, -0.25) is 15.7 Å². The molecule has 2 rings (SSSR count). The molecule has 1 aliphatic rings. The van der Waals surface area contributed by atoms with Gasteiger partial charge in [0.15, 0.2) is 9.84 Å². The van der Waals surface area contributed by atoms with Crippen LogP contribution in [0.25, 0.3) is 0 Å². The van der Waals surface area contributed by atoms with Crippen LogP contribution in [0.1, 0.15) is 12.6 Å². The molecule has 1 aliphatic heterocycles. The molecule has 0 radical (unpaired) electrons. The van der Waals surface area contributed by atoms with Gasteiger partial charge in [0.1, 0.15) is 0 Å². The molecular weight excluding hydrogens is 252 g/mol. The number of pyridine rings is 1. The Labute approximate surface area is 107 Å². The topological polar surface area (TPSA) is 88.3 Å². The Morgan fingerprint density at radius 1 is 1.61 bits per heavy atom. The third kappa shape index (κ3) is 3.18. The predicted molar refractivity (Wildman–Crippen MR) is 70.6 cm³/mol. The minimum absolute atomic E-state index is 0.0278. The second kappa shape index (κ2) is 5.21. The number of anilines is 1. The summed E-state index contributed by atoms with van der Waals surface area (Å²) in [5, 5.41) is 0. The van der Waals surface area contributed by atoms with E-state index in [4.69, 9.17) is 5.84 Å². The number of sulfone groups is 1. The van der Waals surface area contributed by atoms with Crippen LogP contribution in [0.2, 0.25) is 0 Å². The number of nitrogen functional groups attached to an aromatic ring is 1. The van der Waals surface area contributed by atoms with Crippen LogP contribution in [0.5, 0.6) is 0 Å². The summed E-state index contributed by atoms with van der Waals surface area (Å²) in [6, 6.07) is 3.68. The van der Waals surface area contributed by atoms with E-state index in [1.165, 1.54) is 0 Å². The number of nitrogens with two attached hydrogens (primary N) is 1. The van der Waals surface area contributed by atoms with Crippen LogP contribution in [0.15, 0.2) is 18.3 Å². The maximum Gasteiger partial charge on any atom is 0.153 e. The molecule has 100 valence electrons. The molecule has 0 aromatic carbocycles. The highest BCUT2D eigenvalue weighted by Gasteiger charge is 2.28. The van der Waals surface area contributed by atoms with E-state index >= 15 is 0 Å². The van der Waals surface area contributed by atoms with Crippen molar-refractivity contribution in [3.63, 3.8) is 0 Å². The maximum absolute atomic E-state index is 11.5. The molecule has 1 fully saturated rings. The van der Waals surface area contributed by atoms with Gasteiger partial charge < -0.3 is 5.43 Å². The molecule has 1 aromatic rings. The summed E-state index contributed by atoms with van der Waals surface area (Å²) < 4.78 is 23.0. The molecule has 0 amide bonds. The number of nitrogens with one attached hydrogen (secondary N) is 1. The second-order valence-corrected chi connectivity index (χ2v) is 6.84. The summed E-state index contributed by atoms with van der Waals surface area (Å²) in [5.41, 5.74) is 4.26. The van der Waals surface area contributed by atoms with Crippen molar-refractivity contribution in [2.24, 2.45) is 5.84 Å². The van der Waals surface area contributed by atoms with Crippen molar-refractivity contribution in [3.05, 3.63) is 24.0 Å². The van der Waals surface area contributed by atoms with Crippen molar-refractivity contribution in [2.45, 2.75) is 19.5 Å². The van der Waals surface area contributed by atoms with Gasteiger partial charge in [-0.2, -0.15) is 0 Å². The minimum Gasteiger partial charge on any atom is -0.324 e. The van der Waals surface area contributed by atoms with Crippen molar-refractivity contribution in [1.29, 1.82) is 0 Å². The summed E-state index contributed by atoms with van der Waals surface area (Å²) >= 11 is 0. The lowest BCUT2D eigenvalue weighted by molar-refractivity contribution is 0.215. The maximum atomic E-state index is 11.5. The minimum atomic E-state index is -2.86. The van der Waals surface area contributed by atoms with Crippen LogP contribution in [-0.2, 0) is 16.4 Å². The molecule has 7 heteroatoms. The largest absolute Gasteiger partial charge is 0.324 e. The molecule has 6 nitrogen and oxygen atoms in total. The van der Waals surface area contributed by atoms with Crippen LogP contribution in [0.4, 0.5) is 5.69 Å². The standard InChI is InChI=1S/C11H18N4O2S/c1-9-8-18(16,17)5-4-15(9)7-11-6-10(14-12)2-3-13-11/h2-3,6,9H,4-5,7-8,12H2,1H3,(H,13,14). The van der Waals surface area contributed by atoms with Gasteiger partial charge in [-0.05, 0) is 19.1 Å². The first-order valence-electron chi connectivity index (χ1n) is 5.86. The highest BCUT2D eigenvalue weighted by atomic mass is 32.2. The molecule has 0 spiro atoms. The molecule has 0 saturated carbocycles.